The van der Waals surface area contributed by atoms with Crippen LogP contribution < -0.4 is 10.6 Å². The monoisotopic (exact) mass is 338 g/mol. The Labute approximate surface area is 137 Å². The van der Waals surface area contributed by atoms with E-state index in [9.17, 15) is 18.0 Å². The van der Waals surface area contributed by atoms with Gasteiger partial charge in [-0.3, -0.25) is 4.79 Å². The third kappa shape index (κ3) is 4.94. The molecule has 2 rings (SSSR count). The van der Waals surface area contributed by atoms with Crippen molar-refractivity contribution in [3.63, 3.8) is 0 Å². The highest BCUT2D eigenvalue weighted by atomic mass is 19.4. The van der Waals surface area contributed by atoms with Crippen LogP contribution in [0.25, 0.3) is 0 Å². The molecule has 0 aliphatic carbocycles. The van der Waals surface area contributed by atoms with E-state index in [1.807, 2.05) is 20.8 Å². The van der Waals surface area contributed by atoms with Crippen molar-refractivity contribution in [3.05, 3.63) is 47.5 Å². The minimum absolute atomic E-state index is 0.0988. The van der Waals surface area contributed by atoms with E-state index in [1.54, 1.807) is 12.1 Å². The predicted molar refractivity (Wildman–Crippen MR) is 84.8 cm³/mol. The third-order valence-corrected chi connectivity index (χ3v) is 2.88. The first-order valence-corrected chi connectivity index (χ1v) is 7.15. The second-order valence-electron chi connectivity index (χ2n) is 6.21. The molecule has 0 aliphatic rings. The van der Waals surface area contributed by atoms with E-state index < -0.39 is 17.6 Å². The van der Waals surface area contributed by atoms with E-state index in [0.717, 1.165) is 24.3 Å². The average molecular weight is 338 g/mol. The summed E-state index contributed by atoms with van der Waals surface area (Å²) in [5, 5.41) is 13.4. The molecule has 8 heteroatoms. The largest absolute Gasteiger partial charge is 0.416 e. The number of alkyl halides is 3. The molecule has 0 spiro atoms. The number of carbonyl (C=O) groups is 1. The van der Waals surface area contributed by atoms with E-state index in [4.69, 9.17) is 0 Å². The van der Waals surface area contributed by atoms with E-state index in [2.05, 4.69) is 20.8 Å². The zero-order valence-electron chi connectivity index (χ0n) is 13.4. The Bertz CT molecular complexity index is 704. The number of hydrogen-bond donors (Lipinski definition) is 2. The minimum Gasteiger partial charge on any atom is -0.364 e. The Hall–Kier alpha value is -2.64. The van der Waals surface area contributed by atoms with Gasteiger partial charge < -0.3 is 10.6 Å². The fraction of sp³-hybridized carbons (Fsp3) is 0.312. The van der Waals surface area contributed by atoms with Gasteiger partial charge in [-0.05, 0) is 57.2 Å². The maximum absolute atomic E-state index is 12.5. The van der Waals surface area contributed by atoms with E-state index in [0.29, 0.717) is 5.82 Å². The summed E-state index contributed by atoms with van der Waals surface area (Å²) in [5.41, 5.74) is -0.891. The first kappa shape index (κ1) is 17.7. The number of aromatic nitrogens is 2. The Kier molecular flexibility index (Phi) is 4.77. The Morgan fingerprint density at radius 3 is 1.92 bits per heavy atom. The molecule has 1 aromatic carbocycles. The molecule has 128 valence electrons. The number of nitrogens with one attached hydrogen (secondary N) is 2. The van der Waals surface area contributed by atoms with Crippen LogP contribution in [0.3, 0.4) is 0 Å². The molecule has 0 fully saturated rings. The van der Waals surface area contributed by atoms with Gasteiger partial charge in [0.1, 0.15) is 5.82 Å². The number of hydrogen-bond acceptors (Lipinski definition) is 4. The van der Waals surface area contributed by atoms with Crippen LogP contribution in [0.2, 0.25) is 0 Å². The summed E-state index contributed by atoms with van der Waals surface area (Å²) in [6.45, 7) is 5.90. The molecular formula is C16H17F3N4O. The predicted octanol–water partition coefficient (Wildman–Crippen LogP) is 3.96. The number of amides is 1. The molecule has 5 nitrogen and oxygen atoms in total. The highest BCUT2D eigenvalue weighted by molar-refractivity contribution is 6.03. The maximum atomic E-state index is 12.5. The van der Waals surface area contributed by atoms with Crippen molar-refractivity contribution in [3.8, 4) is 0 Å². The van der Waals surface area contributed by atoms with Gasteiger partial charge in [-0.1, -0.05) is 0 Å². The quantitative estimate of drug-likeness (QED) is 0.889. The average Bonchev–Trinajstić information content (AvgIpc) is 2.47. The van der Waals surface area contributed by atoms with Crippen molar-refractivity contribution in [1.82, 2.24) is 10.2 Å². The lowest BCUT2D eigenvalue weighted by Gasteiger charge is -2.20. The number of rotatable bonds is 3. The lowest BCUT2D eigenvalue weighted by Crippen LogP contribution is -2.26. The minimum atomic E-state index is -4.43. The zero-order valence-corrected chi connectivity index (χ0v) is 13.4. The van der Waals surface area contributed by atoms with Gasteiger partial charge in [-0.25, -0.2) is 0 Å². The Morgan fingerprint density at radius 1 is 0.917 bits per heavy atom. The second kappa shape index (κ2) is 6.46. The van der Waals surface area contributed by atoms with Crippen LogP contribution in [-0.2, 0) is 6.18 Å². The van der Waals surface area contributed by atoms with Crippen molar-refractivity contribution in [2.24, 2.45) is 0 Å². The molecule has 1 amide bonds. The summed E-state index contributed by atoms with van der Waals surface area (Å²) in [5.74, 6) is 0.198. The van der Waals surface area contributed by atoms with Crippen LogP contribution in [0.15, 0.2) is 36.4 Å². The summed E-state index contributed by atoms with van der Waals surface area (Å²) in [6.07, 6.45) is -4.43. The standard InChI is InChI=1S/C16H17F3N4O/c1-15(2,3)21-13-9-8-12(22-23-13)20-14(24)10-4-6-11(7-5-10)16(17,18)19/h4-9H,1-3H3,(H,21,23)(H,20,22,24). The molecule has 1 aromatic heterocycles. The lowest BCUT2D eigenvalue weighted by molar-refractivity contribution is -0.137. The summed E-state index contributed by atoms with van der Waals surface area (Å²) in [7, 11) is 0. The van der Waals surface area contributed by atoms with Crippen LogP contribution in [0, 0.1) is 0 Å². The molecule has 0 saturated carbocycles. The number of halogens is 3. The molecule has 1 heterocycles. The van der Waals surface area contributed by atoms with Gasteiger partial charge in [0, 0.05) is 11.1 Å². The summed E-state index contributed by atoms with van der Waals surface area (Å²) < 4.78 is 37.5. The van der Waals surface area contributed by atoms with Crippen LogP contribution in [0.4, 0.5) is 24.8 Å². The summed E-state index contributed by atoms with van der Waals surface area (Å²) in [6, 6.07) is 7.15. The highest BCUT2D eigenvalue weighted by Crippen LogP contribution is 2.29. The molecule has 2 aromatic rings. The smallest absolute Gasteiger partial charge is 0.364 e. The third-order valence-electron chi connectivity index (χ3n) is 2.88. The van der Waals surface area contributed by atoms with E-state index in [1.165, 1.54) is 0 Å². The topological polar surface area (TPSA) is 66.9 Å². The van der Waals surface area contributed by atoms with Crippen molar-refractivity contribution >= 4 is 17.5 Å². The fourth-order valence-corrected chi connectivity index (χ4v) is 1.85. The maximum Gasteiger partial charge on any atom is 0.416 e. The highest BCUT2D eigenvalue weighted by Gasteiger charge is 2.30. The summed E-state index contributed by atoms with van der Waals surface area (Å²) >= 11 is 0. The summed E-state index contributed by atoms with van der Waals surface area (Å²) in [4.78, 5) is 12.0. The van der Waals surface area contributed by atoms with Crippen LogP contribution >= 0.6 is 0 Å². The molecule has 0 bridgehead atoms. The normalized spacial score (nSPS) is 11.9. The van der Waals surface area contributed by atoms with Crippen molar-refractivity contribution < 1.29 is 18.0 Å². The first-order valence-electron chi connectivity index (χ1n) is 7.15. The lowest BCUT2D eigenvalue weighted by atomic mass is 10.1. The van der Waals surface area contributed by atoms with Crippen LogP contribution in [-0.4, -0.2) is 21.6 Å². The zero-order chi connectivity index (χ0) is 18.0. The molecule has 0 saturated heterocycles. The van der Waals surface area contributed by atoms with Crippen molar-refractivity contribution in [2.75, 3.05) is 10.6 Å². The Morgan fingerprint density at radius 2 is 1.46 bits per heavy atom. The van der Waals surface area contributed by atoms with Crippen LogP contribution in [0.1, 0.15) is 36.7 Å². The number of benzene rings is 1. The molecule has 0 aliphatic heterocycles. The van der Waals surface area contributed by atoms with Crippen molar-refractivity contribution in [2.45, 2.75) is 32.5 Å². The number of carbonyl (C=O) groups excluding carboxylic acids is 1. The molecule has 0 unspecified atom stereocenters. The van der Waals surface area contributed by atoms with Gasteiger partial charge in [-0.2, -0.15) is 13.2 Å². The van der Waals surface area contributed by atoms with Gasteiger partial charge in [0.05, 0.1) is 5.56 Å². The number of anilines is 2. The van der Waals surface area contributed by atoms with Crippen molar-refractivity contribution in [1.29, 1.82) is 0 Å². The van der Waals surface area contributed by atoms with E-state index in [-0.39, 0.29) is 16.9 Å². The van der Waals surface area contributed by atoms with E-state index >= 15 is 0 Å². The second-order valence-corrected chi connectivity index (χ2v) is 6.21. The molecule has 2 N–H and O–H groups in total. The van der Waals surface area contributed by atoms with Gasteiger partial charge in [0.25, 0.3) is 5.91 Å². The SMILES string of the molecule is CC(C)(C)Nc1ccc(NC(=O)c2ccc(C(F)(F)F)cc2)nn1. The molecular weight excluding hydrogens is 321 g/mol. The first-order chi connectivity index (χ1) is 11.0. The molecule has 0 radical (unpaired) electrons. The Balaban J connectivity index is 2.04. The fourth-order valence-electron chi connectivity index (χ4n) is 1.85. The van der Waals surface area contributed by atoms with Crippen LogP contribution in [0.5, 0.6) is 0 Å². The van der Waals surface area contributed by atoms with Gasteiger partial charge in [-0.15, -0.1) is 10.2 Å². The van der Waals surface area contributed by atoms with Gasteiger partial charge in [0.15, 0.2) is 5.82 Å². The number of nitrogens with zero attached hydrogens (tertiary/aromatic N) is 2. The molecule has 24 heavy (non-hydrogen) atoms. The van der Waals surface area contributed by atoms with Gasteiger partial charge in [0.2, 0.25) is 0 Å². The van der Waals surface area contributed by atoms with Gasteiger partial charge >= 0.3 is 6.18 Å². The molecule has 0 atom stereocenters.